The van der Waals surface area contributed by atoms with Gasteiger partial charge < -0.3 is 20.1 Å². The Morgan fingerprint density at radius 1 is 1.47 bits per heavy atom. The molecule has 1 aliphatic carbocycles. The largest absolute Gasteiger partial charge is 0.481 e. The van der Waals surface area contributed by atoms with E-state index in [1.54, 1.807) is 14.0 Å². The highest BCUT2D eigenvalue weighted by Gasteiger charge is 2.30. The van der Waals surface area contributed by atoms with E-state index in [4.69, 9.17) is 9.84 Å². The zero-order chi connectivity index (χ0) is 14.4. The van der Waals surface area contributed by atoms with Crippen molar-refractivity contribution in [1.82, 2.24) is 10.2 Å². The molecule has 1 aliphatic rings. The summed E-state index contributed by atoms with van der Waals surface area (Å²) in [6, 6.07) is -0.170. The second-order valence-electron chi connectivity index (χ2n) is 5.04. The molecule has 110 valence electrons. The Morgan fingerprint density at radius 2 is 2.16 bits per heavy atom. The summed E-state index contributed by atoms with van der Waals surface area (Å²) in [5.74, 6) is -1.45. The van der Waals surface area contributed by atoms with E-state index in [1.165, 1.54) is 4.90 Å². The summed E-state index contributed by atoms with van der Waals surface area (Å²) in [6.07, 6.45) is 2.98. The number of carbonyl (C=O) groups is 2. The molecule has 1 fully saturated rings. The van der Waals surface area contributed by atoms with Crippen molar-refractivity contribution in [3.8, 4) is 0 Å². The molecule has 0 aromatic heterocycles. The predicted molar refractivity (Wildman–Crippen MR) is 71.0 cm³/mol. The fourth-order valence-corrected chi connectivity index (χ4v) is 2.39. The van der Waals surface area contributed by atoms with Crippen LogP contribution in [0.15, 0.2) is 0 Å². The van der Waals surface area contributed by atoms with Crippen LogP contribution in [0.5, 0.6) is 0 Å². The molecule has 0 spiro atoms. The van der Waals surface area contributed by atoms with Crippen molar-refractivity contribution < 1.29 is 19.4 Å². The second kappa shape index (κ2) is 7.33. The van der Waals surface area contributed by atoms with E-state index in [1.807, 2.05) is 6.92 Å². The number of urea groups is 1. The zero-order valence-electron chi connectivity index (χ0n) is 11.9. The Bertz CT molecular complexity index is 322. The molecule has 0 aliphatic heterocycles. The highest BCUT2D eigenvalue weighted by Crippen LogP contribution is 2.21. The smallest absolute Gasteiger partial charge is 0.317 e. The number of carboxylic acid groups (broad SMARTS) is 1. The number of carbonyl (C=O) groups excluding carboxylic acids is 1. The lowest BCUT2D eigenvalue weighted by Gasteiger charge is -2.27. The van der Waals surface area contributed by atoms with Crippen LogP contribution in [0.4, 0.5) is 4.79 Å². The fourth-order valence-electron chi connectivity index (χ4n) is 2.39. The van der Waals surface area contributed by atoms with Crippen LogP contribution >= 0.6 is 0 Å². The third-order valence-corrected chi connectivity index (χ3v) is 3.65. The minimum Gasteiger partial charge on any atom is -0.481 e. The van der Waals surface area contributed by atoms with E-state index < -0.39 is 11.9 Å². The number of aliphatic carboxylic acids is 1. The van der Waals surface area contributed by atoms with Gasteiger partial charge in [0.15, 0.2) is 0 Å². The van der Waals surface area contributed by atoms with Gasteiger partial charge in [-0.1, -0.05) is 6.92 Å². The standard InChI is InChI=1S/C13H24N2O4/c1-4-15(8-9(2)12(16)17)13(18)14-10-6-5-7-11(10)19-3/h9-11H,4-8H2,1-3H3,(H,14,18)(H,16,17). The minimum atomic E-state index is -0.887. The van der Waals surface area contributed by atoms with Crippen molar-refractivity contribution in [3.05, 3.63) is 0 Å². The minimum absolute atomic E-state index is 0.0340. The summed E-state index contributed by atoms with van der Waals surface area (Å²) in [7, 11) is 1.65. The molecule has 3 atom stereocenters. The number of hydrogen-bond acceptors (Lipinski definition) is 3. The monoisotopic (exact) mass is 272 g/mol. The van der Waals surface area contributed by atoms with E-state index >= 15 is 0 Å². The third kappa shape index (κ3) is 4.38. The average molecular weight is 272 g/mol. The van der Waals surface area contributed by atoms with Gasteiger partial charge in [-0.25, -0.2) is 4.79 Å². The molecule has 19 heavy (non-hydrogen) atoms. The number of nitrogens with zero attached hydrogens (tertiary/aromatic N) is 1. The Labute approximate surface area is 114 Å². The molecule has 0 aromatic carbocycles. The molecule has 2 N–H and O–H groups in total. The van der Waals surface area contributed by atoms with Crippen molar-refractivity contribution in [2.24, 2.45) is 5.92 Å². The number of ether oxygens (including phenoxy) is 1. The fraction of sp³-hybridized carbons (Fsp3) is 0.846. The van der Waals surface area contributed by atoms with Gasteiger partial charge in [0.05, 0.1) is 18.1 Å². The van der Waals surface area contributed by atoms with Gasteiger partial charge in [0.2, 0.25) is 0 Å². The zero-order valence-corrected chi connectivity index (χ0v) is 11.9. The molecule has 0 radical (unpaired) electrons. The summed E-state index contributed by atoms with van der Waals surface area (Å²) in [5, 5.41) is 11.8. The number of methoxy groups -OCH3 is 1. The normalized spacial score (nSPS) is 23.9. The maximum absolute atomic E-state index is 12.1. The molecule has 6 heteroatoms. The molecule has 0 heterocycles. The lowest BCUT2D eigenvalue weighted by Crippen LogP contribution is -2.49. The van der Waals surface area contributed by atoms with E-state index in [-0.39, 0.29) is 24.7 Å². The number of amides is 2. The van der Waals surface area contributed by atoms with E-state index in [9.17, 15) is 9.59 Å². The van der Waals surface area contributed by atoms with Gasteiger partial charge in [0, 0.05) is 20.2 Å². The summed E-state index contributed by atoms with van der Waals surface area (Å²) in [4.78, 5) is 24.5. The predicted octanol–water partition coefficient (Wildman–Crippen LogP) is 1.31. The van der Waals surface area contributed by atoms with Gasteiger partial charge >= 0.3 is 12.0 Å². The van der Waals surface area contributed by atoms with Crippen LogP contribution < -0.4 is 5.32 Å². The molecule has 1 rings (SSSR count). The Balaban J connectivity index is 2.51. The Kier molecular flexibility index (Phi) is 6.08. The van der Waals surface area contributed by atoms with Crippen LogP contribution in [0, 0.1) is 5.92 Å². The van der Waals surface area contributed by atoms with Crippen LogP contribution in [0.2, 0.25) is 0 Å². The molecule has 6 nitrogen and oxygen atoms in total. The van der Waals surface area contributed by atoms with E-state index in [2.05, 4.69) is 5.32 Å². The molecule has 3 unspecified atom stereocenters. The molecular formula is C13H24N2O4. The summed E-state index contributed by atoms with van der Waals surface area (Å²) < 4.78 is 5.33. The van der Waals surface area contributed by atoms with Crippen LogP contribution in [0.1, 0.15) is 33.1 Å². The van der Waals surface area contributed by atoms with Gasteiger partial charge in [-0.3, -0.25) is 4.79 Å². The Hall–Kier alpha value is -1.30. The topological polar surface area (TPSA) is 78.9 Å². The van der Waals surface area contributed by atoms with Crippen molar-refractivity contribution in [2.45, 2.75) is 45.3 Å². The lowest BCUT2D eigenvalue weighted by molar-refractivity contribution is -0.141. The first kappa shape index (κ1) is 15.8. The quantitative estimate of drug-likeness (QED) is 0.764. The number of carboxylic acids is 1. The van der Waals surface area contributed by atoms with E-state index in [0.29, 0.717) is 6.54 Å². The van der Waals surface area contributed by atoms with Gasteiger partial charge in [-0.05, 0) is 26.2 Å². The van der Waals surface area contributed by atoms with Gasteiger partial charge in [-0.2, -0.15) is 0 Å². The number of nitrogens with one attached hydrogen (secondary N) is 1. The summed E-state index contributed by atoms with van der Waals surface area (Å²) in [5.41, 5.74) is 0. The molecule has 0 aromatic rings. The Morgan fingerprint density at radius 3 is 2.68 bits per heavy atom. The molecule has 2 amide bonds. The van der Waals surface area contributed by atoms with E-state index in [0.717, 1.165) is 19.3 Å². The van der Waals surface area contributed by atoms with Crippen LogP contribution in [0.3, 0.4) is 0 Å². The van der Waals surface area contributed by atoms with Crippen molar-refractivity contribution in [1.29, 1.82) is 0 Å². The average Bonchev–Trinajstić information content (AvgIpc) is 2.82. The first-order valence-electron chi connectivity index (χ1n) is 6.80. The highest BCUT2D eigenvalue weighted by molar-refractivity contribution is 5.76. The molecule has 1 saturated carbocycles. The molecule has 0 bridgehead atoms. The van der Waals surface area contributed by atoms with Gasteiger partial charge in [0.25, 0.3) is 0 Å². The molecular weight excluding hydrogens is 248 g/mol. The maximum Gasteiger partial charge on any atom is 0.317 e. The summed E-state index contributed by atoms with van der Waals surface area (Å²) in [6.45, 7) is 4.16. The number of rotatable bonds is 6. The van der Waals surface area contributed by atoms with Gasteiger partial charge in [-0.15, -0.1) is 0 Å². The molecule has 0 saturated heterocycles. The first-order valence-corrected chi connectivity index (χ1v) is 6.80. The number of hydrogen-bond donors (Lipinski definition) is 2. The van der Waals surface area contributed by atoms with Crippen LogP contribution in [0.25, 0.3) is 0 Å². The van der Waals surface area contributed by atoms with Crippen molar-refractivity contribution in [2.75, 3.05) is 20.2 Å². The second-order valence-corrected chi connectivity index (χ2v) is 5.04. The lowest BCUT2D eigenvalue weighted by atomic mass is 10.1. The van der Waals surface area contributed by atoms with Crippen molar-refractivity contribution in [3.63, 3.8) is 0 Å². The summed E-state index contributed by atoms with van der Waals surface area (Å²) >= 11 is 0. The van der Waals surface area contributed by atoms with Crippen LogP contribution in [-0.4, -0.2) is 54.4 Å². The van der Waals surface area contributed by atoms with Gasteiger partial charge in [0.1, 0.15) is 0 Å². The van der Waals surface area contributed by atoms with Crippen LogP contribution in [-0.2, 0) is 9.53 Å². The van der Waals surface area contributed by atoms with Crippen molar-refractivity contribution >= 4 is 12.0 Å². The maximum atomic E-state index is 12.1. The highest BCUT2D eigenvalue weighted by atomic mass is 16.5. The first-order chi connectivity index (χ1) is 8.99. The SMILES string of the molecule is CCN(CC(C)C(=O)O)C(=O)NC1CCCC1OC. The third-order valence-electron chi connectivity index (χ3n) is 3.65.